The molecule has 0 rings (SSSR count). The quantitative estimate of drug-likeness (QED) is 0.0262. The van der Waals surface area contributed by atoms with Crippen molar-refractivity contribution >= 4 is 17.9 Å². The molecule has 6 nitrogen and oxygen atoms in total. The zero-order valence-corrected chi connectivity index (χ0v) is 41.7. The molecular weight excluding hydrogens is 769 g/mol. The highest BCUT2D eigenvalue weighted by atomic mass is 16.6. The average molecular weight is 873 g/mol. The molecule has 0 N–H and O–H groups in total. The zero-order valence-electron chi connectivity index (χ0n) is 41.7. The summed E-state index contributed by atoms with van der Waals surface area (Å²) in [6.45, 7) is 6.63. The van der Waals surface area contributed by atoms with Gasteiger partial charge in [0.2, 0.25) is 0 Å². The summed E-state index contributed by atoms with van der Waals surface area (Å²) in [6.07, 6.45) is 58.7. The van der Waals surface area contributed by atoms with E-state index in [1.165, 1.54) is 180 Å². The van der Waals surface area contributed by atoms with E-state index in [2.05, 4.69) is 45.1 Å². The van der Waals surface area contributed by atoms with Gasteiger partial charge in [-0.3, -0.25) is 14.4 Å². The van der Waals surface area contributed by atoms with Crippen molar-refractivity contribution in [1.29, 1.82) is 0 Å². The molecule has 0 aromatic carbocycles. The van der Waals surface area contributed by atoms with Crippen LogP contribution in [0, 0.1) is 0 Å². The molecule has 0 radical (unpaired) electrons. The molecule has 62 heavy (non-hydrogen) atoms. The van der Waals surface area contributed by atoms with Crippen LogP contribution >= 0.6 is 0 Å². The fourth-order valence-corrected chi connectivity index (χ4v) is 8.05. The molecule has 0 heterocycles. The van der Waals surface area contributed by atoms with Crippen LogP contribution in [0.3, 0.4) is 0 Å². The van der Waals surface area contributed by atoms with Crippen LogP contribution < -0.4 is 0 Å². The summed E-state index contributed by atoms with van der Waals surface area (Å²) < 4.78 is 16.8. The molecule has 0 aromatic rings. The Bertz CT molecular complexity index is 1000. The summed E-state index contributed by atoms with van der Waals surface area (Å²) in [6, 6.07) is 0. The summed E-state index contributed by atoms with van der Waals surface area (Å²) in [5, 5.41) is 0. The molecule has 0 unspecified atom stereocenters. The molecular formula is C56H104O6. The Morgan fingerprint density at radius 3 is 0.935 bits per heavy atom. The summed E-state index contributed by atoms with van der Waals surface area (Å²) in [7, 11) is 0. The Morgan fingerprint density at radius 2 is 0.597 bits per heavy atom. The lowest BCUT2D eigenvalue weighted by molar-refractivity contribution is -0.167. The molecule has 364 valence electrons. The Labute approximate surface area is 385 Å². The Kier molecular flexibility index (Phi) is 49.8. The smallest absolute Gasteiger partial charge is 0.306 e. The summed E-state index contributed by atoms with van der Waals surface area (Å²) in [5.74, 6) is -0.866. The molecule has 0 saturated heterocycles. The van der Waals surface area contributed by atoms with E-state index in [1.807, 2.05) is 0 Å². The second kappa shape index (κ2) is 51.5. The maximum atomic E-state index is 12.8. The van der Waals surface area contributed by atoms with Crippen molar-refractivity contribution in [2.45, 2.75) is 303 Å². The van der Waals surface area contributed by atoms with Gasteiger partial charge in [0.05, 0.1) is 0 Å². The van der Waals surface area contributed by atoms with Crippen molar-refractivity contribution in [2.75, 3.05) is 13.2 Å². The highest BCUT2D eigenvalue weighted by molar-refractivity contribution is 5.71. The van der Waals surface area contributed by atoms with Crippen LogP contribution in [0.15, 0.2) is 24.3 Å². The molecule has 0 amide bonds. The summed E-state index contributed by atoms with van der Waals surface area (Å²) in [5.41, 5.74) is 0. The number of ether oxygens (including phenoxy) is 3. The van der Waals surface area contributed by atoms with Crippen LogP contribution in [0.4, 0.5) is 0 Å². The highest BCUT2D eigenvalue weighted by Gasteiger charge is 2.19. The third kappa shape index (κ3) is 48.9. The SMILES string of the molecule is CCCC/C=C/C/C=C/CCCCCCCC(=O)OC[C@H](COC(=O)CCCCCCCCCCCCCCCCC)OC(=O)CCCCCCCCCCCCCCCCC. The van der Waals surface area contributed by atoms with E-state index in [9.17, 15) is 14.4 Å². The lowest BCUT2D eigenvalue weighted by Gasteiger charge is -2.18. The van der Waals surface area contributed by atoms with E-state index in [0.717, 1.165) is 77.0 Å². The van der Waals surface area contributed by atoms with Crippen LogP contribution in [0.25, 0.3) is 0 Å². The van der Waals surface area contributed by atoms with Gasteiger partial charge in [0.1, 0.15) is 13.2 Å². The first-order chi connectivity index (χ1) is 30.5. The minimum atomic E-state index is -0.771. The molecule has 0 aliphatic rings. The number of hydrogen-bond acceptors (Lipinski definition) is 6. The fourth-order valence-electron chi connectivity index (χ4n) is 8.05. The molecule has 0 fully saturated rings. The number of allylic oxidation sites excluding steroid dienone is 4. The maximum absolute atomic E-state index is 12.8. The van der Waals surface area contributed by atoms with Crippen LogP contribution in [-0.4, -0.2) is 37.2 Å². The predicted octanol–water partition coefficient (Wildman–Crippen LogP) is 17.9. The van der Waals surface area contributed by atoms with Gasteiger partial charge in [-0.05, 0) is 44.9 Å². The lowest BCUT2D eigenvalue weighted by Crippen LogP contribution is -2.30. The van der Waals surface area contributed by atoms with Gasteiger partial charge < -0.3 is 14.2 Å². The molecule has 0 spiro atoms. The highest BCUT2D eigenvalue weighted by Crippen LogP contribution is 2.17. The van der Waals surface area contributed by atoms with Crippen molar-refractivity contribution in [2.24, 2.45) is 0 Å². The predicted molar refractivity (Wildman–Crippen MR) is 266 cm³/mol. The van der Waals surface area contributed by atoms with Gasteiger partial charge in [-0.25, -0.2) is 0 Å². The van der Waals surface area contributed by atoms with Gasteiger partial charge in [0, 0.05) is 19.3 Å². The largest absolute Gasteiger partial charge is 0.462 e. The van der Waals surface area contributed by atoms with E-state index in [0.29, 0.717) is 19.3 Å². The van der Waals surface area contributed by atoms with Crippen molar-refractivity contribution < 1.29 is 28.6 Å². The van der Waals surface area contributed by atoms with Gasteiger partial charge >= 0.3 is 17.9 Å². The second-order valence-corrected chi connectivity index (χ2v) is 18.5. The Balaban J connectivity index is 4.35. The third-order valence-corrected chi connectivity index (χ3v) is 12.2. The molecule has 0 bridgehead atoms. The van der Waals surface area contributed by atoms with Gasteiger partial charge in [-0.1, -0.05) is 257 Å². The van der Waals surface area contributed by atoms with Gasteiger partial charge in [0.15, 0.2) is 6.10 Å². The fraction of sp³-hybridized carbons (Fsp3) is 0.875. The van der Waals surface area contributed by atoms with Crippen LogP contribution in [0.2, 0.25) is 0 Å². The number of unbranched alkanes of at least 4 members (excludes halogenated alkanes) is 35. The van der Waals surface area contributed by atoms with Crippen molar-refractivity contribution in [3.8, 4) is 0 Å². The van der Waals surface area contributed by atoms with Gasteiger partial charge in [-0.15, -0.1) is 0 Å². The average Bonchev–Trinajstić information content (AvgIpc) is 3.27. The number of carbonyl (C=O) groups excluding carboxylic acids is 3. The minimum absolute atomic E-state index is 0.0704. The van der Waals surface area contributed by atoms with E-state index in [4.69, 9.17) is 14.2 Å². The van der Waals surface area contributed by atoms with Crippen LogP contribution in [0.5, 0.6) is 0 Å². The third-order valence-electron chi connectivity index (χ3n) is 12.2. The Hall–Kier alpha value is -2.11. The molecule has 1 atom stereocenters. The van der Waals surface area contributed by atoms with Crippen molar-refractivity contribution in [3.63, 3.8) is 0 Å². The standard InChI is InChI=1S/C56H104O6/c1-4-7-10-13-16-19-22-25-28-31-34-37-40-43-46-49-55(58)61-52-53(51-60-54(57)48-45-42-39-36-33-30-27-24-21-18-15-12-9-6-3)62-56(59)50-47-44-41-38-35-32-29-26-23-20-17-14-11-8-5-2/h15,18,24,27,53H,4-14,16-17,19-23,25-26,28-52H2,1-3H3/b18-15+,27-24+/t53-/m1/s1. The van der Waals surface area contributed by atoms with E-state index in [1.54, 1.807) is 0 Å². The lowest BCUT2D eigenvalue weighted by atomic mass is 10.0. The maximum Gasteiger partial charge on any atom is 0.306 e. The van der Waals surface area contributed by atoms with E-state index in [-0.39, 0.29) is 31.1 Å². The molecule has 0 aliphatic carbocycles. The number of carbonyl (C=O) groups is 3. The number of hydrogen-bond donors (Lipinski definition) is 0. The summed E-state index contributed by atoms with van der Waals surface area (Å²) >= 11 is 0. The minimum Gasteiger partial charge on any atom is -0.462 e. The van der Waals surface area contributed by atoms with Crippen LogP contribution in [0.1, 0.15) is 297 Å². The monoisotopic (exact) mass is 873 g/mol. The second-order valence-electron chi connectivity index (χ2n) is 18.5. The Morgan fingerprint density at radius 1 is 0.323 bits per heavy atom. The van der Waals surface area contributed by atoms with Gasteiger partial charge in [-0.2, -0.15) is 0 Å². The molecule has 0 aromatic heterocycles. The normalized spacial score (nSPS) is 12.1. The first-order valence-corrected chi connectivity index (χ1v) is 27.3. The first kappa shape index (κ1) is 59.9. The topological polar surface area (TPSA) is 78.9 Å². The van der Waals surface area contributed by atoms with Gasteiger partial charge in [0.25, 0.3) is 0 Å². The zero-order chi connectivity index (χ0) is 45.1. The molecule has 0 saturated carbocycles. The number of esters is 3. The van der Waals surface area contributed by atoms with Crippen molar-refractivity contribution in [1.82, 2.24) is 0 Å². The van der Waals surface area contributed by atoms with Crippen molar-refractivity contribution in [3.05, 3.63) is 24.3 Å². The number of rotatable bonds is 50. The van der Waals surface area contributed by atoms with E-state index < -0.39 is 6.10 Å². The van der Waals surface area contributed by atoms with Crippen LogP contribution in [-0.2, 0) is 28.6 Å². The first-order valence-electron chi connectivity index (χ1n) is 27.3. The molecule has 6 heteroatoms. The summed E-state index contributed by atoms with van der Waals surface area (Å²) in [4.78, 5) is 38.0. The molecule has 0 aliphatic heterocycles. The van der Waals surface area contributed by atoms with E-state index >= 15 is 0 Å².